The number of alkyl carbamates (subject to hydrolysis) is 2. The van der Waals surface area contributed by atoms with E-state index < -0.39 is 71.7 Å². The molecule has 2 aromatic heterocycles. The maximum Gasteiger partial charge on any atom is 0.407 e. The smallest absolute Gasteiger partial charge is 0.407 e. The van der Waals surface area contributed by atoms with Crippen LogP contribution in [-0.4, -0.2) is 106 Å². The average molecular weight is 1020 g/mol. The van der Waals surface area contributed by atoms with Gasteiger partial charge in [0.15, 0.2) is 11.6 Å². The number of nitrogens with zero attached hydrogens (tertiary/aromatic N) is 6. The molecule has 0 radical (unpaired) electrons. The third kappa shape index (κ3) is 9.97. The maximum absolute atomic E-state index is 16.9. The summed E-state index contributed by atoms with van der Waals surface area (Å²) < 4.78 is 76.7. The Balaban J connectivity index is 1.08. The Hall–Kier alpha value is -6.60. The molecular formula is C53H66F4N10O6. The Kier molecular flexibility index (Phi) is 14.6. The molecule has 3 unspecified atom stereocenters. The number of benzene rings is 3. The summed E-state index contributed by atoms with van der Waals surface area (Å²) in [6, 6.07) is 4.05. The average Bonchev–Trinajstić information content (AvgIpc) is 4.20. The predicted octanol–water partition coefficient (Wildman–Crippen LogP) is 9.65. The number of hydrogen-bond acceptors (Lipinski definition) is 10. The van der Waals surface area contributed by atoms with Crippen molar-refractivity contribution in [3.05, 3.63) is 82.4 Å². The maximum atomic E-state index is 16.9. The standard InChI is InChI=1S/C53H66F4N10O6/c1-26(2)45(62-52(70)72-7)50(68)65-15-9-11-43(65)48-58-37-20-31(33(54)22-39(37)60-48)41-13-14-42(67(41)30-18-35(56)47(36(57)19-30)64-24-28(5)17-29(6)25-64)32-21-38-40(23-34(32)55)61-49(59-38)44-12-10-16-66(44)51(69)46(27(3)4)63-53(71)73-8/h18-23,26-29,41-46H,9-17,24-25H2,1-8H3,(H,58,60)(H,59,61)(H,62,70)(H,63,71)/t28?,29?,41-,42-,43+,44+,45+,46?/m1/s1. The summed E-state index contributed by atoms with van der Waals surface area (Å²) in [5, 5.41) is 5.30. The number of halogens is 4. The summed E-state index contributed by atoms with van der Waals surface area (Å²) in [5.41, 5.74) is 1.95. The molecule has 73 heavy (non-hydrogen) atoms. The van der Waals surface area contributed by atoms with Crippen molar-refractivity contribution in [1.29, 1.82) is 0 Å². The third-order valence-electron chi connectivity index (χ3n) is 15.3. The molecule has 9 rings (SSSR count). The first-order valence-corrected chi connectivity index (χ1v) is 25.6. The number of methoxy groups -OCH3 is 2. The van der Waals surface area contributed by atoms with Crippen LogP contribution in [0, 0.1) is 46.9 Å². The number of ether oxygens (including phenoxy) is 2. The summed E-state index contributed by atoms with van der Waals surface area (Å²) in [5.74, 6) is -2.58. The first-order chi connectivity index (χ1) is 34.8. The highest BCUT2D eigenvalue weighted by molar-refractivity contribution is 5.88. The van der Waals surface area contributed by atoms with Crippen molar-refractivity contribution in [3.63, 3.8) is 0 Å². The van der Waals surface area contributed by atoms with Gasteiger partial charge in [0.25, 0.3) is 0 Å². The van der Waals surface area contributed by atoms with Crippen molar-refractivity contribution in [3.8, 4) is 0 Å². The van der Waals surface area contributed by atoms with Crippen molar-refractivity contribution in [2.75, 3.05) is 50.2 Å². The Morgan fingerprint density at radius 2 is 1.04 bits per heavy atom. The van der Waals surface area contributed by atoms with Crippen LogP contribution in [-0.2, 0) is 19.1 Å². The number of piperidine rings is 1. The minimum atomic E-state index is -0.853. The van der Waals surface area contributed by atoms with Gasteiger partial charge in [0.05, 0.1) is 60.5 Å². The number of imidazole rings is 2. The molecule has 16 nitrogen and oxygen atoms in total. The zero-order chi connectivity index (χ0) is 52.2. The van der Waals surface area contributed by atoms with E-state index in [1.807, 2.05) is 27.7 Å². The van der Waals surface area contributed by atoms with Gasteiger partial charge in [-0.25, -0.2) is 37.1 Å². The second-order valence-electron chi connectivity index (χ2n) is 21.2. The highest BCUT2D eigenvalue weighted by atomic mass is 19.1. The van der Waals surface area contributed by atoms with Crippen molar-refractivity contribution in [2.24, 2.45) is 23.7 Å². The van der Waals surface area contributed by atoms with E-state index in [4.69, 9.17) is 19.4 Å². The van der Waals surface area contributed by atoms with Crippen molar-refractivity contribution < 1.29 is 46.2 Å². The summed E-state index contributed by atoms with van der Waals surface area (Å²) >= 11 is 0. The van der Waals surface area contributed by atoms with Crippen LogP contribution < -0.4 is 20.4 Å². The van der Waals surface area contributed by atoms with E-state index in [1.165, 1.54) is 38.5 Å². The molecule has 4 aliphatic heterocycles. The molecule has 8 atom stereocenters. The quantitative estimate of drug-likeness (QED) is 0.0879. The SMILES string of the molecule is COC(=O)NC(C(=O)N1CCC[C@H]1c1nc2cc(F)c([C@H]3CC[C@H](c4cc5[nH]c([C@@H]6CCCN6C(=O)[C@@H](NC(=O)OC)C(C)C)nc5cc4F)N3c3cc(F)c(N4CC(C)CC(C)C4)c(F)c3)cc2[nH]1)C(C)C. The van der Waals surface area contributed by atoms with E-state index in [0.29, 0.717) is 85.6 Å². The fourth-order valence-corrected chi connectivity index (χ4v) is 12.0. The minimum absolute atomic E-state index is 0.111. The van der Waals surface area contributed by atoms with Gasteiger partial charge in [-0.2, -0.15) is 0 Å². The van der Waals surface area contributed by atoms with Gasteiger partial charge in [0.2, 0.25) is 11.8 Å². The van der Waals surface area contributed by atoms with Gasteiger partial charge >= 0.3 is 12.2 Å². The molecule has 4 saturated heterocycles. The molecule has 6 heterocycles. The Morgan fingerprint density at radius 1 is 0.616 bits per heavy atom. The van der Waals surface area contributed by atoms with Crippen LogP contribution >= 0.6 is 0 Å². The van der Waals surface area contributed by atoms with Crippen LogP contribution in [0.4, 0.5) is 38.5 Å². The highest BCUT2D eigenvalue weighted by Crippen LogP contribution is 2.50. The number of hydrogen-bond donors (Lipinski definition) is 4. The molecule has 5 aromatic rings. The number of H-pyrrole nitrogens is 2. The predicted molar refractivity (Wildman–Crippen MR) is 267 cm³/mol. The molecule has 4 N–H and O–H groups in total. The van der Waals surface area contributed by atoms with Crippen LogP contribution in [0.1, 0.15) is 133 Å². The van der Waals surface area contributed by atoms with E-state index in [1.54, 1.807) is 31.7 Å². The monoisotopic (exact) mass is 1010 g/mol. The van der Waals surface area contributed by atoms with Crippen LogP contribution in [0.5, 0.6) is 0 Å². The van der Waals surface area contributed by atoms with E-state index in [0.717, 1.165) is 6.42 Å². The first-order valence-electron chi connectivity index (χ1n) is 25.6. The minimum Gasteiger partial charge on any atom is -0.453 e. The first kappa shape index (κ1) is 51.3. The Morgan fingerprint density at radius 3 is 1.44 bits per heavy atom. The number of aromatic nitrogens is 4. The van der Waals surface area contributed by atoms with Gasteiger partial charge in [-0.15, -0.1) is 0 Å². The molecule has 3 aromatic carbocycles. The van der Waals surface area contributed by atoms with Gasteiger partial charge in [-0.3, -0.25) is 9.59 Å². The van der Waals surface area contributed by atoms with Gasteiger partial charge in [0, 0.05) is 55.1 Å². The summed E-state index contributed by atoms with van der Waals surface area (Å²) in [4.78, 5) is 75.2. The van der Waals surface area contributed by atoms with Gasteiger partial charge in [-0.05, 0) is 92.9 Å². The van der Waals surface area contributed by atoms with Crippen LogP contribution in [0.25, 0.3) is 22.1 Å². The lowest BCUT2D eigenvalue weighted by molar-refractivity contribution is -0.136. The number of carbonyl (C=O) groups is 4. The molecule has 20 heteroatoms. The van der Waals surface area contributed by atoms with E-state index >= 15 is 17.6 Å². The largest absolute Gasteiger partial charge is 0.453 e. The second-order valence-corrected chi connectivity index (χ2v) is 21.2. The number of amides is 4. The molecule has 4 amide bonds. The molecular weight excluding hydrogens is 949 g/mol. The van der Waals surface area contributed by atoms with E-state index in [-0.39, 0.29) is 70.8 Å². The van der Waals surface area contributed by atoms with Crippen LogP contribution in [0.3, 0.4) is 0 Å². The third-order valence-corrected chi connectivity index (χ3v) is 15.3. The van der Waals surface area contributed by atoms with Gasteiger partial charge in [0.1, 0.15) is 41.1 Å². The number of fused-ring (bicyclic) bond motifs is 2. The van der Waals surface area contributed by atoms with E-state index in [2.05, 4.69) is 34.4 Å². The molecule has 0 aliphatic carbocycles. The molecule has 392 valence electrons. The fraction of sp³-hybridized carbons (Fsp3) is 0.547. The summed E-state index contributed by atoms with van der Waals surface area (Å²) in [6.07, 6.45) is 2.52. The second kappa shape index (κ2) is 20.7. The lowest BCUT2D eigenvalue weighted by Gasteiger charge is -2.38. The number of carbonyl (C=O) groups excluding carboxylic acids is 4. The number of likely N-dealkylation sites (tertiary alicyclic amines) is 2. The highest BCUT2D eigenvalue weighted by Gasteiger charge is 2.42. The molecule has 4 aliphatic rings. The molecule has 4 fully saturated rings. The molecule has 0 spiro atoms. The lowest BCUT2D eigenvalue weighted by Crippen LogP contribution is -2.51. The summed E-state index contributed by atoms with van der Waals surface area (Å²) in [6.45, 7) is 13.2. The number of rotatable bonds is 12. The molecule has 0 saturated carbocycles. The summed E-state index contributed by atoms with van der Waals surface area (Å²) in [7, 11) is 2.46. The Labute approximate surface area is 421 Å². The normalized spacial score (nSPS) is 23.3. The fourth-order valence-electron chi connectivity index (χ4n) is 12.0. The number of aromatic amines is 2. The zero-order valence-electron chi connectivity index (χ0n) is 42.7. The lowest BCUT2D eigenvalue weighted by atomic mass is 9.91. The molecule has 0 bridgehead atoms. The van der Waals surface area contributed by atoms with E-state index in [9.17, 15) is 19.2 Å². The topological polar surface area (TPSA) is 181 Å². The number of nitrogens with one attached hydrogen (secondary N) is 4. The van der Waals surface area contributed by atoms with Crippen molar-refractivity contribution in [2.45, 2.75) is 123 Å². The van der Waals surface area contributed by atoms with Crippen molar-refractivity contribution >= 4 is 57.4 Å². The zero-order valence-corrected chi connectivity index (χ0v) is 42.7. The van der Waals surface area contributed by atoms with Gasteiger partial charge < -0.3 is 49.7 Å². The van der Waals surface area contributed by atoms with Crippen molar-refractivity contribution in [1.82, 2.24) is 40.4 Å². The number of anilines is 2. The van der Waals surface area contributed by atoms with Crippen LogP contribution in [0.15, 0.2) is 36.4 Å². The van der Waals surface area contributed by atoms with Gasteiger partial charge in [-0.1, -0.05) is 41.5 Å². The Bertz CT molecular complexity index is 2720. The van der Waals surface area contributed by atoms with Crippen LogP contribution in [0.2, 0.25) is 0 Å².